The zero-order chi connectivity index (χ0) is 15.1. The molecule has 0 amide bonds. The van der Waals surface area contributed by atoms with Gasteiger partial charge in [0.1, 0.15) is 0 Å². The molecular weight excluding hydrogens is 304 g/mol. The molecule has 0 aliphatic carbocycles. The summed E-state index contributed by atoms with van der Waals surface area (Å²) < 4.78 is 26.6. The molecule has 0 unspecified atom stereocenters. The minimum atomic E-state index is -3.34. The van der Waals surface area contributed by atoms with Gasteiger partial charge in [0.05, 0.1) is 12.3 Å². The van der Waals surface area contributed by atoms with Crippen molar-refractivity contribution in [2.24, 2.45) is 5.73 Å². The highest BCUT2D eigenvalue weighted by Crippen LogP contribution is 2.14. The molecule has 1 heterocycles. The van der Waals surface area contributed by atoms with E-state index in [4.69, 9.17) is 5.73 Å². The van der Waals surface area contributed by atoms with E-state index < -0.39 is 10.0 Å². The molecule has 0 saturated heterocycles. The van der Waals surface area contributed by atoms with E-state index in [1.807, 2.05) is 29.6 Å². The lowest BCUT2D eigenvalue weighted by Crippen LogP contribution is -2.24. The molecule has 3 N–H and O–H groups in total. The van der Waals surface area contributed by atoms with Gasteiger partial charge in [-0.3, -0.25) is 0 Å². The standard InChI is InChI=1S/C15H16N2O2S2/c16-8-4-7-14-9-15(20-11-14)10-17-21(18,19)12-13-5-2-1-3-6-13/h1-3,5-6,9,11,17H,8,10,12,16H2. The summed E-state index contributed by atoms with van der Waals surface area (Å²) in [6.07, 6.45) is 0. The zero-order valence-electron chi connectivity index (χ0n) is 11.4. The largest absolute Gasteiger partial charge is 0.320 e. The van der Waals surface area contributed by atoms with E-state index in [1.54, 1.807) is 12.1 Å². The van der Waals surface area contributed by atoms with Crippen molar-refractivity contribution < 1.29 is 8.42 Å². The fourth-order valence-corrected chi connectivity index (χ4v) is 3.67. The number of rotatable bonds is 5. The van der Waals surface area contributed by atoms with Gasteiger partial charge in [-0.2, -0.15) is 0 Å². The summed E-state index contributed by atoms with van der Waals surface area (Å²) >= 11 is 1.48. The van der Waals surface area contributed by atoms with Crippen molar-refractivity contribution in [3.8, 4) is 11.8 Å². The van der Waals surface area contributed by atoms with Gasteiger partial charge in [-0.25, -0.2) is 13.1 Å². The number of sulfonamides is 1. The van der Waals surface area contributed by atoms with Gasteiger partial charge in [-0.1, -0.05) is 42.2 Å². The quantitative estimate of drug-likeness (QED) is 0.823. The molecule has 1 aromatic heterocycles. The third kappa shape index (κ3) is 5.33. The number of thiophene rings is 1. The van der Waals surface area contributed by atoms with Crippen LogP contribution in [-0.2, 0) is 22.3 Å². The molecule has 110 valence electrons. The predicted molar refractivity (Wildman–Crippen MR) is 86.2 cm³/mol. The highest BCUT2D eigenvalue weighted by atomic mass is 32.2. The maximum atomic E-state index is 12.0. The Bertz CT molecular complexity index is 741. The predicted octanol–water partition coefficient (Wildman–Crippen LogP) is 1.68. The first-order valence-corrected chi connectivity index (χ1v) is 8.90. The van der Waals surface area contributed by atoms with Crippen LogP contribution in [0.4, 0.5) is 0 Å². The van der Waals surface area contributed by atoms with Crippen molar-refractivity contribution in [3.63, 3.8) is 0 Å². The lowest BCUT2D eigenvalue weighted by Gasteiger charge is -2.05. The van der Waals surface area contributed by atoms with Gasteiger partial charge in [-0.15, -0.1) is 11.3 Å². The van der Waals surface area contributed by atoms with Crippen molar-refractivity contribution in [3.05, 3.63) is 57.8 Å². The molecule has 4 nitrogen and oxygen atoms in total. The normalized spacial score (nSPS) is 10.9. The molecule has 0 aliphatic heterocycles. The van der Waals surface area contributed by atoms with E-state index in [2.05, 4.69) is 16.6 Å². The van der Waals surface area contributed by atoms with Gasteiger partial charge in [0, 0.05) is 22.4 Å². The molecule has 21 heavy (non-hydrogen) atoms. The second kappa shape index (κ2) is 7.38. The van der Waals surface area contributed by atoms with Gasteiger partial charge in [0.2, 0.25) is 10.0 Å². The molecular formula is C15H16N2O2S2. The first-order valence-electron chi connectivity index (χ1n) is 6.37. The Labute approximate surface area is 129 Å². The molecule has 0 fully saturated rings. The van der Waals surface area contributed by atoms with Crippen molar-refractivity contribution >= 4 is 21.4 Å². The maximum Gasteiger partial charge on any atom is 0.216 e. The van der Waals surface area contributed by atoms with Crippen molar-refractivity contribution in [2.75, 3.05) is 6.54 Å². The smallest absolute Gasteiger partial charge is 0.216 e. The van der Waals surface area contributed by atoms with Crippen LogP contribution in [0.1, 0.15) is 16.0 Å². The average Bonchev–Trinajstić information content (AvgIpc) is 2.92. The minimum absolute atomic E-state index is 0.0148. The molecule has 0 bridgehead atoms. The van der Waals surface area contributed by atoms with Crippen LogP contribution in [-0.4, -0.2) is 15.0 Å². The Hall–Kier alpha value is -1.65. The first-order chi connectivity index (χ1) is 10.1. The summed E-state index contributed by atoms with van der Waals surface area (Å²) in [7, 11) is -3.34. The highest BCUT2D eigenvalue weighted by Gasteiger charge is 2.11. The fourth-order valence-electron chi connectivity index (χ4n) is 1.72. The Balaban J connectivity index is 1.94. The van der Waals surface area contributed by atoms with Crippen LogP contribution in [0.3, 0.4) is 0 Å². The van der Waals surface area contributed by atoms with Gasteiger partial charge in [0.25, 0.3) is 0 Å². The van der Waals surface area contributed by atoms with E-state index in [9.17, 15) is 8.42 Å². The monoisotopic (exact) mass is 320 g/mol. The molecule has 0 saturated carbocycles. The second-order valence-electron chi connectivity index (χ2n) is 4.37. The van der Waals surface area contributed by atoms with Gasteiger partial charge >= 0.3 is 0 Å². The van der Waals surface area contributed by atoms with Crippen LogP contribution in [0.5, 0.6) is 0 Å². The van der Waals surface area contributed by atoms with Gasteiger partial charge < -0.3 is 5.73 Å². The van der Waals surface area contributed by atoms with Crippen LogP contribution >= 0.6 is 11.3 Å². The summed E-state index contributed by atoms with van der Waals surface area (Å²) in [6.45, 7) is 0.596. The van der Waals surface area contributed by atoms with E-state index in [0.29, 0.717) is 6.54 Å². The molecule has 1 aromatic carbocycles. The summed E-state index contributed by atoms with van der Waals surface area (Å²) in [6, 6.07) is 11.0. The minimum Gasteiger partial charge on any atom is -0.320 e. The van der Waals surface area contributed by atoms with Crippen molar-refractivity contribution in [2.45, 2.75) is 12.3 Å². The summed E-state index contributed by atoms with van der Waals surface area (Å²) in [5.41, 5.74) is 6.94. The number of nitrogens with one attached hydrogen (secondary N) is 1. The Morgan fingerprint density at radius 3 is 2.71 bits per heavy atom. The van der Waals surface area contributed by atoms with Crippen LogP contribution in [0.25, 0.3) is 0 Å². The molecule has 2 rings (SSSR count). The van der Waals surface area contributed by atoms with E-state index in [0.717, 1.165) is 16.0 Å². The molecule has 0 spiro atoms. The lowest BCUT2D eigenvalue weighted by molar-refractivity contribution is 0.581. The van der Waals surface area contributed by atoms with Crippen LogP contribution < -0.4 is 10.5 Å². The Morgan fingerprint density at radius 1 is 1.24 bits per heavy atom. The first kappa shape index (κ1) is 15.7. The third-order valence-corrected chi connectivity index (χ3v) is 4.89. The van der Waals surface area contributed by atoms with Crippen molar-refractivity contribution in [1.82, 2.24) is 4.72 Å². The number of nitrogens with two attached hydrogens (primary N) is 1. The molecule has 0 aliphatic rings. The molecule has 0 atom stereocenters. The summed E-state index contributed by atoms with van der Waals surface area (Å²) in [4.78, 5) is 0.924. The average molecular weight is 320 g/mol. The summed E-state index contributed by atoms with van der Waals surface area (Å²) in [5.74, 6) is 5.67. The molecule has 6 heteroatoms. The van der Waals surface area contributed by atoms with Crippen LogP contribution in [0.15, 0.2) is 41.8 Å². The summed E-state index contributed by atoms with van der Waals surface area (Å²) in [5, 5.41) is 1.89. The Morgan fingerprint density at radius 2 is 2.00 bits per heavy atom. The topological polar surface area (TPSA) is 72.2 Å². The third-order valence-electron chi connectivity index (χ3n) is 2.65. The zero-order valence-corrected chi connectivity index (χ0v) is 13.0. The molecule has 2 aromatic rings. The Kier molecular flexibility index (Phi) is 5.53. The SMILES string of the molecule is NCC#Cc1csc(CNS(=O)(=O)Cc2ccccc2)c1. The second-order valence-corrected chi connectivity index (χ2v) is 7.18. The van der Waals surface area contributed by atoms with Crippen molar-refractivity contribution in [1.29, 1.82) is 0 Å². The lowest BCUT2D eigenvalue weighted by atomic mass is 10.2. The van der Waals surface area contributed by atoms with E-state index >= 15 is 0 Å². The van der Waals surface area contributed by atoms with Crippen LogP contribution in [0.2, 0.25) is 0 Å². The molecule has 0 radical (unpaired) electrons. The van der Waals surface area contributed by atoms with E-state index in [-0.39, 0.29) is 12.3 Å². The van der Waals surface area contributed by atoms with Gasteiger partial charge in [-0.05, 0) is 11.6 Å². The highest BCUT2D eigenvalue weighted by molar-refractivity contribution is 7.88. The number of benzene rings is 1. The number of hydrogen-bond acceptors (Lipinski definition) is 4. The fraction of sp³-hybridized carbons (Fsp3) is 0.200. The van der Waals surface area contributed by atoms with Crippen LogP contribution in [0, 0.1) is 11.8 Å². The number of hydrogen-bond donors (Lipinski definition) is 2. The maximum absolute atomic E-state index is 12.0. The van der Waals surface area contributed by atoms with Gasteiger partial charge in [0.15, 0.2) is 0 Å². The van der Waals surface area contributed by atoms with E-state index in [1.165, 1.54) is 11.3 Å².